The molecule has 0 aliphatic heterocycles. The third kappa shape index (κ3) is 3.49. The summed E-state index contributed by atoms with van der Waals surface area (Å²) in [6.45, 7) is 0. The summed E-state index contributed by atoms with van der Waals surface area (Å²) in [5.41, 5.74) is 1.00. The highest BCUT2D eigenvalue weighted by molar-refractivity contribution is 7.22. The van der Waals surface area contributed by atoms with Crippen LogP contribution in [0.3, 0.4) is 0 Å². The van der Waals surface area contributed by atoms with Gasteiger partial charge in [-0.05, 0) is 49.9 Å². The molecule has 0 saturated heterocycles. The first kappa shape index (κ1) is 15.4. The number of aliphatic hydroxyl groups is 1. The van der Waals surface area contributed by atoms with Gasteiger partial charge in [0.25, 0.3) is 0 Å². The van der Waals surface area contributed by atoms with Crippen molar-refractivity contribution in [1.82, 2.24) is 9.97 Å². The monoisotopic (exact) mass is 340 g/mol. The van der Waals surface area contributed by atoms with Gasteiger partial charge in [0.15, 0.2) is 5.13 Å². The summed E-state index contributed by atoms with van der Waals surface area (Å²) in [4.78, 5) is 9.21. The van der Waals surface area contributed by atoms with E-state index in [-0.39, 0.29) is 6.10 Å². The number of nitrogens with zero attached hydrogens (tertiary/aromatic N) is 2. The maximum atomic E-state index is 9.60. The maximum Gasteiger partial charge on any atom is 0.189 e. The van der Waals surface area contributed by atoms with Crippen LogP contribution < -0.4 is 10.6 Å². The topological polar surface area (TPSA) is 70.1 Å². The highest BCUT2D eigenvalue weighted by Gasteiger charge is 2.19. The second-order valence-electron chi connectivity index (χ2n) is 6.17. The molecule has 1 fully saturated rings. The molecule has 0 unspecified atom stereocenters. The number of rotatable bonds is 4. The summed E-state index contributed by atoms with van der Waals surface area (Å²) in [7, 11) is 0. The van der Waals surface area contributed by atoms with Gasteiger partial charge in [-0.15, -0.1) is 0 Å². The smallest absolute Gasteiger partial charge is 0.189 e. The molecular formula is C18H20N4OS. The summed E-state index contributed by atoms with van der Waals surface area (Å²) in [5, 5.41) is 17.2. The Hall–Kier alpha value is -2.18. The Morgan fingerprint density at radius 2 is 1.71 bits per heavy atom. The Kier molecular flexibility index (Phi) is 4.32. The van der Waals surface area contributed by atoms with E-state index in [1.807, 2.05) is 36.4 Å². The molecule has 2 heterocycles. The Morgan fingerprint density at radius 3 is 2.54 bits per heavy atom. The molecule has 4 rings (SSSR count). The Balaban J connectivity index is 1.46. The van der Waals surface area contributed by atoms with Gasteiger partial charge in [0.05, 0.1) is 16.3 Å². The fourth-order valence-electron chi connectivity index (χ4n) is 3.05. The quantitative estimate of drug-likeness (QED) is 0.665. The molecule has 1 saturated carbocycles. The zero-order valence-corrected chi connectivity index (χ0v) is 14.1. The second-order valence-corrected chi connectivity index (χ2v) is 7.20. The molecule has 1 aliphatic carbocycles. The van der Waals surface area contributed by atoms with Crippen molar-refractivity contribution in [1.29, 1.82) is 0 Å². The third-order valence-electron chi connectivity index (χ3n) is 4.33. The lowest BCUT2D eigenvalue weighted by Gasteiger charge is -2.26. The Bertz CT molecular complexity index is 794. The van der Waals surface area contributed by atoms with Crippen LogP contribution in [0.25, 0.3) is 10.2 Å². The molecule has 0 bridgehead atoms. The molecule has 0 spiro atoms. The first-order valence-corrected chi connectivity index (χ1v) is 9.12. The number of hydrogen-bond donors (Lipinski definition) is 3. The second kappa shape index (κ2) is 6.75. The molecule has 2 aromatic heterocycles. The molecule has 1 aromatic carbocycles. The lowest BCUT2D eigenvalue weighted by atomic mass is 9.93. The number of thiazole rings is 1. The van der Waals surface area contributed by atoms with Gasteiger partial charge in [-0.2, -0.15) is 0 Å². The van der Waals surface area contributed by atoms with Crippen molar-refractivity contribution in [2.45, 2.75) is 37.8 Å². The standard InChI is InChI=1S/C18H20N4OS/c23-13-10-8-12(9-11-13)19-16-6-3-7-17(21-16)22-18-20-14-4-1-2-5-15(14)24-18/h1-7,12-13,23H,8-11H2,(H2,19,20,21,22)/t12-,13-. The van der Waals surface area contributed by atoms with Crippen molar-refractivity contribution in [2.24, 2.45) is 0 Å². The van der Waals surface area contributed by atoms with Crippen LogP contribution in [0.5, 0.6) is 0 Å². The van der Waals surface area contributed by atoms with Crippen molar-refractivity contribution in [3.8, 4) is 0 Å². The Labute approximate surface area is 144 Å². The van der Waals surface area contributed by atoms with Crippen LogP contribution in [-0.4, -0.2) is 27.2 Å². The van der Waals surface area contributed by atoms with Gasteiger partial charge in [0.1, 0.15) is 11.6 Å². The lowest BCUT2D eigenvalue weighted by molar-refractivity contribution is 0.126. The highest BCUT2D eigenvalue weighted by Crippen LogP contribution is 2.28. The summed E-state index contributed by atoms with van der Waals surface area (Å²) >= 11 is 1.62. The van der Waals surface area contributed by atoms with Crippen LogP contribution >= 0.6 is 11.3 Å². The number of nitrogens with one attached hydrogen (secondary N) is 2. The first-order valence-electron chi connectivity index (χ1n) is 8.30. The van der Waals surface area contributed by atoms with E-state index in [0.717, 1.165) is 52.7 Å². The summed E-state index contributed by atoms with van der Waals surface area (Å²) in [5.74, 6) is 1.65. The van der Waals surface area contributed by atoms with E-state index >= 15 is 0 Å². The van der Waals surface area contributed by atoms with Gasteiger partial charge < -0.3 is 15.7 Å². The number of anilines is 3. The van der Waals surface area contributed by atoms with E-state index in [0.29, 0.717) is 6.04 Å². The summed E-state index contributed by atoms with van der Waals surface area (Å²) in [6.07, 6.45) is 3.56. The van der Waals surface area contributed by atoms with Gasteiger partial charge in [-0.25, -0.2) is 9.97 Å². The number of fused-ring (bicyclic) bond motifs is 1. The normalized spacial score (nSPS) is 20.9. The van der Waals surface area contributed by atoms with E-state index in [9.17, 15) is 5.11 Å². The van der Waals surface area contributed by atoms with Gasteiger partial charge in [0.2, 0.25) is 0 Å². The molecule has 5 nitrogen and oxygen atoms in total. The number of benzene rings is 1. The van der Waals surface area contributed by atoms with E-state index < -0.39 is 0 Å². The van der Waals surface area contributed by atoms with E-state index in [4.69, 9.17) is 0 Å². The molecule has 24 heavy (non-hydrogen) atoms. The number of aromatic nitrogens is 2. The molecule has 0 amide bonds. The maximum absolute atomic E-state index is 9.60. The number of hydrogen-bond acceptors (Lipinski definition) is 6. The minimum Gasteiger partial charge on any atom is -0.393 e. The van der Waals surface area contributed by atoms with E-state index in [1.54, 1.807) is 11.3 Å². The predicted molar refractivity (Wildman–Crippen MR) is 99.0 cm³/mol. The predicted octanol–water partition coefficient (Wildman–Crippen LogP) is 4.15. The minimum atomic E-state index is -0.136. The number of pyridine rings is 1. The zero-order valence-electron chi connectivity index (χ0n) is 13.3. The molecule has 0 atom stereocenters. The van der Waals surface area contributed by atoms with Crippen LogP contribution in [-0.2, 0) is 0 Å². The van der Waals surface area contributed by atoms with Crippen molar-refractivity contribution < 1.29 is 5.11 Å². The summed E-state index contributed by atoms with van der Waals surface area (Å²) < 4.78 is 1.16. The van der Waals surface area contributed by atoms with Crippen LogP contribution in [0.1, 0.15) is 25.7 Å². The molecule has 3 aromatic rings. The van der Waals surface area contributed by atoms with Crippen LogP contribution in [0.15, 0.2) is 42.5 Å². The highest BCUT2D eigenvalue weighted by atomic mass is 32.1. The molecule has 1 aliphatic rings. The summed E-state index contributed by atoms with van der Waals surface area (Å²) in [6, 6.07) is 14.4. The first-order chi connectivity index (χ1) is 11.8. The molecular weight excluding hydrogens is 320 g/mol. The number of aliphatic hydroxyl groups excluding tert-OH is 1. The molecule has 6 heteroatoms. The van der Waals surface area contributed by atoms with Crippen molar-refractivity contribution in [3.63, 3.8) is 0 Å². The third-order valence-corrected chi connectivity index (χ3v) is 5.28. The zero-order chi connectivity index (χ0) is 16.4. The van der Waals surface area contributed by atoms with Crippen LogP contribution in [0, 0.1) is 0 Å². The van der Waals surface area contributed by atoms with E-state index in [1.165, 1.54) is 0 Å². The van der Waals surface area contributed by atoms with Gasteiger partial charge >= 0.3 is 0 Å². The minimum absolute atomic E-state index is 0.136. The average molecular weight is 340 g/mol. The van der Waals surface area contributed by atoms with Gasteiger partial charge in [-0.3, -0.25) is 0 Å². The SMILES string of the molecule is O[C@H]1CC[C@H](Nc2cccc(Nc3nc4ccccc4s3)n2)CC1. The lowest BCUT2D eigenvalue weighted by Crippen LogP contribution is -2.28. The fourth-order valence-corrected chi connectivity index (χ4v) is 3.92. The van der Waals surface area contributed by atoms with Crippen molar-refractivity contribution in [3.05, 3.63) is 42.5 Å². The van der Waals surface area contributed by atoms with Gasteiger partial charge in [-0.1, -0.05) is 29.5 Å². The Morgan fingerprint density at radius 1 is 0.917 bits per heavy atom. The largest absolute Gasteiger partial charge is 0.393 e. The molecule has 124 valence electrons. The fraction of sp³-hybridized carbons (Fsp3) is 0.333. The van der Waals surface area contributed by atoms with Crippen molar-refractivity contribution in [2.75, 3.05) is 10.6 Å². The van der Waals surface area contributed by atoms with Crippen molar-refractivity contribution >= 4 is 38.3 Å². The number of para-hydroxylation sites is 1. The van der Waals surface area contributed by atoms with E-state index in [2.05, 4.69) is 26.7 Å². The molecule has 0 radical (unpaired) electrons. The van der Waals surface area contributed by atoms with Crippen LogP contribution in [0.2, 0.25) is 0 Å². The van der Waals surface area contributed by atoms with Gasteiger partial charge in [0, 0.05) is 6.04 Å². The molecule has 3 N–H and O–H groups in total. The van der Waals surface area contributed by atoms with Crippen LogP contribution in [0.4, 0.5) is 16.8 Å². The average Bonchev–Trinajstić information content (AvgIpc) is 2.99.